The highest BCUT2D eigenvalue weighted by Crippen LogP contribution is 2.47. The maximum Gasteiger partial charge on any atom is 0.418 e. The van der Waals surface area contributed by atoms with E-state index in [9.17, 15) is 31.1 Å². The molecular weight excluding hydrogens is 590 g/mol. The highest BCUT2D eigenvalue weighted by molar-refractivity contribution is 9.10. The molecule has 0 saturated carbocycles. The molecule has 14 heteroatoms. The largest absolute Gasteiger partial charge is 0.452 e. The standard InChI is InChI=1S/C19H12Br2F6N4O2/c20-13-6-5-11(33-13)10-7-12(19(25,26)27)31-16(28-10)14(21)15(30-31)17(32)29-9-4-2-1-3-8(9)18(22,23)24/h1-6,10,12,28H,7H2,(H,29,32)/t10-,12+/m0/s1. The maximum absolute atomic E-state index is 13.8. The zero-order valence-corrected chi connectivity index (χ0v) is 19.2. The van der Waals surface area contributed by atoms with Crippen LogP contribution >= 0.6 is 31.9 Å². The van der Waals surface area contributed by atoms with E-state index in [4.69, 9.17) is 4.42 Å². The number of aromatic nitrogens is 2. The van der Waals surface area contributed by atoms with E-state index in [1.165, 1.54) is 18.2 Å². The fourth-order valence-electron chi connectivity index (χ4n) is 3.46. The fourth-order valence-corrected chi connectivity index (χ4v) is 4.33. The monoisotopic (exact) mass is 600 g/mol. The van der Waals surface area contributed by atoms with Gasteiger partial charge >= 0.3 is 12.4 Å². The highest BCUT2D eigenvalue weighted by atomic mass is 79.9. The van der Waals surface area contributed by atoms with Crippen LogP contribution in [0.5, 0.6) is 0 Å². The molecule has 1 amide bonds. The Kier molecular flexibility index (Phi) is 6.01. The van der Waals surface area contributed by atoms with Crippen molar-refractivity contribution in [3.05, 3.63) is 62.6 Å². The zero-order chi connectivity index (χ0) is 24.1. The first kappa shape index (κ1) is 23.7. The molecule has 4 rings (SSSR count). The molecule has 0 unspecified atom stereocenters. The second-order valence-electron chi connectivity index (χ2n) is 7.09. The number of nitrogens with one attached hydrogen (secondary N) is 2. The number of hydrogen-bond donors (Lipinski definition) is 2. The third kappa shape index (κ3) is 4.63. The molecular formula is C19H12Br2F6N4O2. The first-order chi connectivity index (χ1) is 15.4. The lowest BCUT2D eigenvalue weighted by atomic mass is 10.0. The Bertz CT molecular complexity index is 1200. The van der Waals surface area contributed by atoms with Crippen LogP contribution in [0.25, 0.3) is 0 Å². The normalized spacial score (nSPS) is 18.5. The third-order valence-corrected chi connectivity index (χ3v) is 6.11. The van der Waals surface area contributed by atoms with Crippen LogP contribution in [-0.4, -0.2) is 21.9 Å². The Morgan fingerprint density at radius 1 is 1.12 bits per heavy atom. The lowest BCUT2D eigenvalue weighted by Gasteiger charge is -2.32. The van der Waals surface area contributed by atoms with Gasteiger partial charge in [-0.15, -0.1) is 0 Å². The maximum atomic E-state index is 13.8. The van der Waals surface area contributed by atoms with Gasteiger partial charge in [0.05, 0.1) is 21.8 Å². The Morgan fingerprint density at radius 3 is 2.42 bits per heavy atom. The van der Waals surface area contributed by atoms with E-state index in [-0.39, 0.29) is 16.1 Å². The van der Waals surface area contributed by atoms with Crippen LogP contribution in [0, 0.1) is 0 Å². The Hall–Kier alpha value is -2.48. The number of halogens is 8. The van der Waals surface area contributed by atoms with E-state index in [0.717, 1.165) is 18.2 Å². The van der Waals surface area contributed by atoms with E-state index >= 15 is 0 Å². The van der Waals surface area contributed by atoms with E-state index < -0.39 is 53.7 Å². The molecule has 2 atom stereocenters. The third-order valence-electron chi connectivity index (χ3n) is 4.93. The molecule has 1 aliphatic heterocycles. The van der Waals surface area contributed by atoms with Crippen LogP contribution in [0.1, 0.15) is 40.3 Å². The van der Waals surface area contributed by atoms with Gasteiger partial charge in [0.1, 0.15) is 11.6 Å². The van der Waals surface area contributed by atoms with Crippen molar-refractivity contribution >= 4 is 49.3 Å². The summed E-state index contributed by atoms with van der Waals surface area (Å²) < 4.78 is 87.3. The summed E-state index contributed by atoms with van der Waals surface area (Å²) in [6.45, 7) is 0. The van der Waals surface area contributed by atoms with E-state index in [0.29, 0.717) is 9.35 Å². The topological polar surface area (TPSA) is 72.1 Å². The summed E-state index contributed by atoms with van der Waals surface area (Å²) >= 11 is 6.17. The van der Waals surface area contributed by atoms with Crippen molar-refractivity contribution in [1.82, 2.24) is 9.78 Å². The molecule has 6 nitrogen and oxygen atoms in total. The van der Waals surface area contributed by atoms with Crippen molar-refractivity contribution in [2.24, 2.45) is 0 Å². The number of amides is 1. The van der Waals surface area contributed by atoms with E-state index in [1.807, 2.05) is 0 Å². The molecule has 3 heterocycles. The number of para-hydroxylation sites is 1. The minimum atomic E-state index is -4.75. The number of carbonyl (C=O) groups is 1. The van der Waals surface area contributed by atoms with Crippen LogP contribution in [0.2, 0.25) is 0 Å². The highest BCUT2D eigenvalue weighted by Gasteiger charge is 2.48. The van der Waals surface area contributed by atoms with Crippen molar-refractivity contribution < 1.29 is 35.6 Å². The fraction of sp³-hybridized carbons (Fsp3) is 0.263. The van der Waals surface area contributed by atoms with Crippen molar-refractivity contribution in [3.63, 3.8) is 0 Å². The molecule has 0 bridgehead atoms. The SMILES string of the molecule is O=C(Nc1ccccc1C(F)(F)F)c1nn2c(c1Br)N[C@H](c1ccc(Br)o1)C[C@@H]2C(F)(F)F. The molecule has 0 saturated heterocycles. The number of hydrogen-bond acceptors (Lipinski definition) is 4. The van der Waals surface area contributed by atoms with Crippen LogP contribution in [0.4, 0.5) is 37.8 Å². The second-order valence-corrected chi connectivity index (χ2v) is 8.66. The summed E-state index contributed by atoms with van der Waals surface area (Å²) in [4.78, 5) is 12.7. The van der Waals surface area contributed by atoms with Crippen LogP contribution in [0.15, 0.2) is 50.0 Å². The van der Waals surface area contributed by atoms with E-state index in [2.05, 4.69) is 47.6 Å². The lowest BCUT2D eigenvalue weighted by Crippen LogP contribution is -2.35. The van der Waals surface area contributed by atoms with Gasteiger partial charge in [-0.1, -0.05) is 12.1 Å². The number of rotatable bonds is 3. The number of carbonyl (C=O) groups excluding carboxylic acids is 1. The van der Waals surface area contributed by atoms with Gasteiger partial charge in [-0.05, 0) is 56.1 Å². The number of benzene rings is 1. The molecule has 1 aliphatic rings. The number of furan rings is 1. The van der Waals surface area contributed by atoms with Crippen molar-refractivity contribution in [2.75, 3.05) is 10.6 Å². The van der Waals surface area contributed by atoms with Crippen LogP contribution < -0.4 is 10.6 Å². The summed E-state index contributed by atoms with van der Waals surface area (Å²) in [5.74, 6) is -1.04. The van der Waals surface area contributed by atoms with Gasteiger partial charge in [0, 0.05) is 6.42 Å². The summed E-state index contributed by atoms with van der Waals surface area (Å²) in [5.41, 5.74) is -2.16. The minimum absolute atomic E-state index is 0.130. The molecule has 0 fully saturated rings. The van der Waals surface area contributed by atoms with Crippen molar-refractivity contribution in [3.8, 4) is 0 Å². The average molecular weight is 602 g/mol. The van der Waals surface area contributed by atoms with Gasteiger partial charge in [0.2, 0.25) is 0 Å². The molecule has 2 N–H and O–H groups in total. The van der Waals surface area contributed by atoms with Gasteiger partial charge in [0.15, 0.2) is 16.4 Å². The summed E-state index contributed by atoms with van der Waals surface area (Å²) in [5, 5.41) is 8.71. The molecule has 1 aromatic carbocycles. The molecule has 33 heavy (non-hydrogen) atoms. The summed E-state index contributed by atoms with van der Waals surface area (Å²) in [6, 6.07) is 4.25. The van der Waals surface area contributed by atoms with Gasteiger partial charge in [-0.25, -0.2) is 4.68 Å². The Morgan fingerprint density at radius 2 is 1.82 bits per heavy atom. The minimum Gasteiger partial charge on any atom is -0.452 e. The van der Waals surface area contributed by atoms with Crippen LogP contribution in [-0.2, 0) is 6.18 Å². The van der Waals surface area contributed by atoms with Crippen molar-refractivity contribution in [2.45, 2.75) is 30.9 Å². The first-order valence-electron chi connectivity index (χ1n) is 9.20. The zero-order valence-electron chi connectivity index (χ0n) is 16.1. The molecule has 176 valence electrons. The molecule has 2 aromatic heterocycles. The molecule has 0 aliphatic carbocycles. The summed E-state index contributed by atoms with van der Waals surface area (Å²) in [6.07, 6.45) is -9.95. The van der Waals surface area contributed by atoms with Gasteiger partial charge < -0.3 is 15.1 Å². The molecule has 0 spiro atoms. The quantitative estimate of drug-likeness (QED) is 0.319. The Labute approximate surface area is 198 Å². The van der Waals surface area contributed by atoms with Gasteiger partial charge in [0.25, 0.3) is 5.91 Å². The molecule has 3 aromatic rings. The predicted octanol–water partition coefficient (Wildman–Crippen LogP) is 6.93. The van der Waals surface area contributed by atoms with E-state index in [1.54, 1.807) is 0 Å². The number of fused-ring (bicyclic) bond motifs is 1. The second kappa shape index (κ2) is 8.38. The molecule has 0 radical (unpaired) electrons. The van der Waals surface area contributed by atoms with Crippen LogP contribution in [0.3, 0.4) is 0 Å². The first-order valence-corrected chi connectivity index (χ1v) is 10.8. The predicted molar refractivity (Wildman–Crippen MR) is 112 cm³/mol. The van der Waals surface area contributed by atoms with Gasteiger partial charge in [-0.3, -0.25) is 4.79 Å². The van der Waals surface area contributed by atoms with Gasteiger partial charge in [-0.2, -0.15) is 31.4 Å². The van der Waals surface area contributed by atoms with Crippen molar-refractivity contribution in [1.29, 1.82) is 0 Å². The number of nitrogens with zero attached hydrogens (tertiary/aromatic N) is 2. The summed E-state index contributed by atoms with van der Waals surface area (Å²) in [7, 11) is 0. The average Bonchev–Trinajstić information content (AvgIpc) is 3.30. The lowest BCUT2D eigenvalue weighted by molar-refractivity contribution is -0.174. The Balaban J connectivity index is 1.71. The number of alkyl halides is 6. The number of anilines is 2. The smallest absolute Gasteiger partial charge is 0.418 e.